The first kappa shape index (κ1) is 17.3. The van der Waals surface area contributed by atoms with Crippen molar-refractivity contribution in [1.82, 2.24) is 10.5 Å². The predicted molar refractivity (Wildman–Crippen MR) is 85.9 cm³/mol. The van der Waals surface area contributed by atoms with Crippen LogP contribution in [0.5, 0.6) is 0 Å². The first-order valence-corrected chi connectivity index (χ1v) is 7.11. The first-order valence-electron chi connectivity index (χ1n) is 7.11. The monoisotopic (exact) mass is 361 g/mol. The second-order valence-corrected chi connectivity index (χ2v) is 5.17. The molecule has 0 aliphatic carbocycles. The van der Waals surface area contributed by atoms with E-state index in [-0.39, 0.29) is 28.2 Å². The van der Waals surface area contributed by atoms with Crippen molar-refractivity contribution in [3.8, 4) is 12.3 Å². The van der Waals surface area contributed by atoms with Gasteiger partial charge in [-0.05, 0) is 30.3 Å². The van der Waals surface area contributed by atoms with Gasteiger partial charge in [-0.3, -0.25) is 10.0 Å². The number of rotatable bonds is 3. The summed E-state index contributed by atoms with van der Waals surface area (Å²) in [7, 11) is 0. The SMILES string of the molecule is C#Cc1cc2oc(Nc3cccc(C(=O)NO)c3)nc2cc1C(F)(F)F. The van der Waals surface area contributed by atoms with E-state index >= 15 is 0 Å². The van der Waals surface area contributed by atoms with Crippen molar-refractivity contribution in [2.75, 3.05) is 5.32 Å². The summed E-state index contributed by atoms with van der Waals surface area (Å²) in [6.45, 7) is 0. The molecule has 132 valence electrons. The second kappa shape index (κ2) is 6.42. The Morgan fingerprint density at radius 2 is 2.04 bits per heavy atom. The van der Waals surface area contributed by atoms with Crippen LogP contribution in [0.25, 0.3) is 11.1 Å². The van der Waals surface area contributed by atoms with Gasteiger partial charge < -0.3 is 9.73 Å². The molecule has 1 amide bonds. The average Bonchev–Trinajstić information content (AvgIpc) is 3.00. The molecule has 0 fully saturated rings. The molecule has 0 saturated heterocycles. The minimum absolute atomic E-state index is 0.0249. The Labute approximate surface area is 144 Å². The molecule has 3 aromatic rings. The molecular weight excluding hydrogens is 351 g/mol. The van der Waals surface area contributed by atoms with Crippen molar-refractivity contribution < 1.29 is 27.6 Å². The zero-order chi connectivity index (χ0) is 18.9. The molecule has 0 unspecified atom stereocenters. The molecule has 0 radical (unpaired) electrons. The third kappa shape index (κ3) is 3.31. The minimum atomic E-state index is -4.62. The van der Waals surface area contributed by atoms with E-state index < -0.39 is 17.6 Å². The molecular formula is C17H10F3N3O3. The number of benzene rings is 2. The molecule has 0 spiro atoms. The Balaban J connectivity index is 1.98. The summed E-state index contributed by atoms with van der Waals surface area (Å²) in [6.07, 6.45) is 0.524. The van der Waals surface area contributed by atoms with Gasteiger partial charge in [0.25, 0.3) is 11.9 Å². The topological polar surface area (TPSA) is 87.4 Å². The number of carbonyl (C=O) groups excluding carboxylic acids is 1. The van der Waals surface area contributed by atoms with Crippen LogP contribution in [0.1, 0.15) is 21.5 Å². The van der Waals surface area contributed by atoms with Gasteiger partial charge in [0.1, 0.15) is 5.52 Å². The Morgan fingerprint density at radius 3 is 2.69 bits per heavy atom. The van der Waals surface area contributed by atoms with E-state index in [0.717, 1.165) is 12.1 Å². The number of hydrogen-bond donors (Lipinski definition) is 3. The fourth-order valence-electron chi connectivity index (χ4n) is 2.31. The lowest BCUT2D eigenvalue weighted by Gasteiger charge is -2.08. The van der Waals surface area contributed by atoms with Gasteiger partial charge in [0.15, 0.2) is 5.58 Å². The molecule has 0 saturated carbocycles. The number of hydrogen-bond acceptors (Lipinski definition) is 5. The van der Waals surface area contributed by atoms with Crippen molar-refractivity contribution in [3.05, 3.63) is 53.1 Å². The molecule has 0 aliphatic rings. The fourth-order valence-corrected chi connectivity index (χ4v) is 2.31. The number of halogens is 3. The minimum Gasteiger partial charge on any atom is -0.423 e. The number of amides is 1. The van der Waals surface area contributed by atoms with Crippen LogP contribution in [0, 0.1) is 12.3 Å². The van der Waals surface area contributed by atoms with Gasteiger partial charge in [0.05, 0.1) is 5.56 Å². The van der Waals surface area contributed by atoms with Gasteiger partial charge in [-0.25, -0.2) is 5.48 Å². The van der Waals surface area contributed by atoms with E-state index in [1.807, 2.05) is 5.92 Å². The Kier molecular flexibility index (Phi) is 4.28. The number of aromatic nitrogens is 1. The summed E-state index contributed by atoms with van der Waals surface area (Å²) < 4.78 is 44.5. The number of carbonyl (C=O) groups is 1. The van der Waals surface area contributed by atoms with E-state index in [2.05, 4.69) is 10.3 Å². The third-order valence-electron chi connectivity index (χ3n) is 3.47. The van der Waals surface area contributed by atoms with Crippen molar-refractivity contribution in [2.24, 2.45) is 0 Å². The molecule has 26 heavy (non-hydrogen) atoms. The first-order chi connectivity index (χ1) is 12.3. The smallest absolute Gasteiger partial charge is 0.417 e. The number of hydroxylamine groups is 1. The molecule has 1 aromatic heterocycles. The van der Waals surface area contributed by atoms with E-state index in [0.29, 0.717) is 5.69 Å². The number of terminal acetylenes is 1. The molecule has 3 rings (SSSR count). The van der Waals surface area contributed by atoms with Gasteiger partial charge in [-0.1, -0.05) is 12.0 Å². The van der Waals surface area contributed by atoms with Crippen LogP contribution < -0.4 is 10.8 Å². The second-order valence-electron chi connectivity index (χ2n) is 5.17. The number of anilines is 2. The fraction of sp³-hybridized carbons (Fsp3) is 0.0588. The summed E-state index contributed by atoms with van der Waals surface area (Å²) in [4.78, 5) is 15.4. The average molecular weight is 361 g/mol. The maximum Gasteiger partial charge on any atom is 0.417 e. The molecule has 0 aliphatic heterocycles. The summed E-state index contributed by atoms with van der Waals surface area (Å²) in [5, 5.41) is 11.4. The zero-order valence-electron chi connectivity index (χ0n) is 12.9. The van der Waals surface area contributed by atoms with Gasteiger partial charge >= 0.3 is 6.18 Å². The van der Waals surface area contributed by atoms with Gasteiger partial charge in [0.2, 0.25) is 0 Å². The summed E-state index contributed by atoms with van der Waals surface area (Å²) >= 11 is 0. The number of oxazole rings is 1. The standard InChI is InChI=1S/C17H10F3N3O3/c1-2-9-7-14-13(8-12(9)17(18,19)20)22-16(26-14)21-11-5-3-4-10(6-11)15(24)23-25/h1,3-8,25H,(H,21,22)(H,23,24). The van der Waals surface area contributed by atoms with Crippen molar-refractivity contribution in [1.29, 1.82) is 0 Å². The van der Waals surface area contributed by atoms with Gasteiger partial charge in [-0.2, -0.15) is 18.2 Å². The van der Waals surface area contributed by atoms with E-state index in [9.17, 15) is 18.0 Å². The predicted octanol–water partition coefficient (Wildman–Crippen LogP) is 3.69. The highest BCUT2D eigenvalue weighted by Gasteiger charge is 2.34. The summed E-state index contributed by atoms with van der Waals surface area (Å²) in [5.74, 6) is 1.26. The van der Waals surface area contributed by atoms with Crippen LogP contribution in [-0.2, 0) is 6.18 Å². The van der Waals surface area contributed by atoms with Crippen LogP contribution in [-0.4, -0.2) is 16.1 Å². The number of nitrogens with one attached hydrogen (secondary N) is 2. The maximum absolute atomic E-state index is 13.0. The molecule has 0 bridgehead atoms. The van der Waals surface area contributed by atoms with Crippen molar-refractivity contribution in [3.63, 3.8) is 0 Å². The Hall–Kier alpha value is -3.51. The normalized spacial score (nSPS) is 11.2. The summed E-state index contributed by atoms with van der Waals surface area (Å²) in [5.41, 5.74) is 0.757. The van der Waals surface area contributed by atoms with Crippen LogP contribution in [0.4, 0.5) is 24.9 Å². The van der Waals surface area contributed by atoms with Gasteiger partial charge in [0, 0.05) is 16.8 Å². The third-order valence-corrected chi connectivity index (χ3v) is 3.47. The lowest BCUT2D eigenvalue weighted by atomic mass is 10.1. The summed E-state index contributed by atoms with van der Waals surface area (Å²) in [6, 6.07) is 7.79. The quantitative estimate of drug-likeness (QED) is 0.376. The lowest BCUT2D eigenvalue weighted by Crippen LogP contribution is -2.18. The van der Waals surface area contributed by atoms with E-state index in [1.165, 1.54) is 23.7 Å². The highest BCUT2D eigenvalue weighted by Crippen LogP contribution is 2.35. The van der Waals surface area contributed by atoms with Crippen molar-refractivity contribution >= 4 is 28.7 Å². The molecule has 0 atom stereocenters. The molecule has 1 heterocycles. The zero-order valence-corrected chi connectivity index (χ0v) is 12.9. The van der Waals surface area contributed by atoms with E-state index in [1.54, 1.807) is 6.07 Å². The van der Waals surface area contributed by atoms with Crippen LogP contribution in [0.2, 0.25) is 0 Å². The molecule has 3 N–H and O–H groups in total. The Bertz CT molecular complexity index is 1040. The molecule has 6 nitrogen and oxygen atoms in total. The number of fused-ring (bicyclic) bond motifs is 1. The van der Waals surface area contributed by atoms with Crippen LogP contribution in [0.15, 0.2) is 40.8 Å². The van der Waals surface area contributed by atoms with Gasteiger partial charge in [-0.15, -0.1) is 6.42 Å². The molecule has 2 aromatic carbocycles. The van der Waals surface area contributed by atoms with E-state index in [4.69, 9.17) is 16.0 Å². The largest absolute Gasteiger partial charge is 0.423 e. The highest BCUT2D eigenvalue weighted by atomic mass is 19.4. The van der Waals surface area contributed by atoms with Crippen LogP contribution in [0.3, 0.4) is 0 Å². The molecule has 9 heteroatoms. The highest BCUT2D eigenvalue weighted by molar-refractivity contribution is 5.94. The van der Waals surface area contributed by atoms with Crippen molar-refractivity contribution in [2.45, 2.75) is 6.18 Å². The van der Waals surface area contributed by atoms with Crippen LogP contribution >= 0.6 is 0 Å². The number of nitrogens with zero attached hydrogens (tertiary/aromatic N) is 1. The maximum atomic E-state index is 13.0. The lowest BCUT2D eigenvalue weighted by molar-refractivity contribution is -0.137. The Morgan fingerprint density at radius 1 is 1.27 bits per heavy atom. The number of alkyl halides is 3.